The second-order valence-corrected chi connectivity index (χ2v) is 11.1. The van der Waals surface area contributed by atoms with Crippen molar-refractivity contribution in [3.05, 3.63) is 158 Å². The Morgan fingerprint density at radius 3 is 1.77 bits per heavy atom. The maximum atomic E-state index is 4.78. The van der Waals surface area contributed by atoms with Gasteiger partial charge in [-0.15, -0.1) is 0 Å². The molecular weight excluding hydrogens is 520 g/mol. The van der Waals surface area contributed by atoms with Gasteiger partial charge in [-0.3, -0.25) is 9.97 Å². The van der Waals surface area contributed by atoms with E-state index in [9.17, 15) is 0 Å². The first-order valence-electron chi connectivity index (χ1n) is 14.6. The van der Waals surface area contributed by atoms with Gasteiger partial charge in [-0.25, -0.2) is 0 Å². The minimum absolute atomic E-state index is 0.922. The van der Waals surface area contributed by atoms with Crippen molar-refractivity contribution in [2.45, 2.75) is 6.92 Å². The Morgan fingerprint density at radius 2 is 1.09 bits per heavy atom. The van der Waals surface area contributed by atoms with E-state index < -0.39 is 0 Å². The average Bonchev–Trinajstić information content (AvgIpc) is 3.08. The fraction of sp³-hybridized carbons (Fsp3) is 0.0244. The molecule has 202 valence electrons. The second-order valence-electron chi connectivity index (χ2n) is 11.1. The largest absolute Gasteiger partial charge is 0.264 e. The summed E-state index contributed by atoms with van der Waals surface area (Å²) < 4.78 is 0. The Morgan fingerprint density at radius 1 is 0.442 bits per heavy atom. The first-order chi connectivity index (χ1) is 21.2. The van der Waals surface area contributed by atoms with Crippen LogP contribution in [0.1, 0.15) is 5.56 Å². The fourth-order valence-electron chi connectivity index (χ4n) is 6.39. The fourth-order valence-corrected chi connectivity index (χ4v) is 6.39. The van der Waals surface area contributed by atoms with E-state index in [0.29, 0.717) is 0 Å². The number of fused-ring (bicyclic) bond motifs is 3. The number of aryl methyl sites for hydroxylation is 1. The van der Waals surface area contributed by atoms with Crippen LogP contribution >= 0.6 is 0 Å². The summed E-state index contributed by atoms with van der Waals surface area (Å²) in [5.41, 5.74) is 10.5. The predicted octanol–water partition coefficient (Wildman–Crippen LogP) is 10.9. The summed E-state index contributed by atoms with van der Waals surface area (Å²) in [5, 5.41) is 7.55. The lowest BCUT2D eigenvalue weighted by Gasteiger charge is -2.19. The van der Waals surface area contributed by atoms with Crippen molar-refractivity contribution in [1.82, 2.24) is 9.97 Å². The highest BCUT2D eigenvalue weighted by molar-refractivity contribution is 6.22. The van der Waals surface area contributed by atoms with E-state index in [1.165, 1.54) is 60.1 Å². The molecule has 0 atom stereocenters. The highest BCUT2D eigenvalue weighted by Gasteiger charge is 2.18. The van der Waals surface area contributed by atoms with Crippen LogP contribution in [0.2, 0.25) is 0 Å². The van der Waals surface area contributed by atoms with Crippen LogP contribution in [-0.2, 0) is 0 Å². The molecule has 0 N–H and O–H groups in total. The van der Waals surface area contributed by atoms with E-state index in [4.69, 9.17) is 4.98 Å². The number of benzene rings is 6. The van der Waals surface area contributed by atoms with Gasteiger partial charge in [-0.1, -0.05) is 103 Å². The van der Waals surface area contributed by atoms with Crippen molar-refractivity contribution in [2.24, 2.45) is 0 Å². The summed E-state index contributed by atoms with van der Waals surface area (Å²) in [5.74, 6) is 0. The molecule has 0 saturated heterocycles. The molecule has 0 amide bonds. The molecule has 0 unspecified atom stereocenters. The zero-order chi connectivity index (χ0) is 28.8. The summed E-state index contributed by atoms with van der Waals surface area (Å²) in [6.07, 6.45) is 5.60. The van der Waals surface area contributed by atoms with Crippen LogP contribution in [0.5, 0.6) is 0 Å². The summed E-state index contributed by atoms with van der Waals surface area (Å²) >= 11 is 0. The van der Waals surface area contributed by atoms with Gasteiger partial charge in [0.15, 0.2) is 0 Å². The third-order valence-corrected chi connectivity index (χ3v) is 8.53. The van der Waals surface area contributed by atoms with Crippen LogP contribution in [0, 0.1) is 6.92 Å². The normalized spacial score (nSPS) is 11.4. The number of rotatable bonds is 4. The minimum Gasteiger partial charge on any atom is -0.264 e. The van der Waals surface area contributed by atoms with E-state index in [1.54, 1.807) is 6.20 Å². The van der Waals surface area contributed by atoms with E-state index in [-0.39, 0.29) is 0 Å². The Labute approximate surface area is 251 Å². The molecule has 0 aliphatic rings. The maximum absolute atomic E-state index is 4.78. The van der Waals surface area contributed by atoms with Gasteiger partial charge < -0.3 is 0 Å². The molecule has 0 saturated carbocycles. The van der Waals surface area contributed by atoms with Gasteiger partial charge >= 0.3 is 0 Å². The van der Waals surface area contributed by atoms with Crippen molar-refractivity contribution in [1.29, 1.82) is 0 Å². The Bertz CT molecular complexity index is 2230. The second kappa shape index (κ2) is 10.3. The van der Waals surface area contributed by atoms with Crippen LogP contribution < -0.4 is 0 Å². The zero-order valence-electron chi connectivity index (χ0n) is 23.8. The molecule has 2 nitrogen and oxygen atoms in total. The monoisotopic (exact) mass is 548 g/mol. The molecule has 2 heterocycles. The Balaban J connectivity index is 1.34. The van der Waals surface area contributed by atoms with Crippen LogP contribution in [0.3, 0.4) is 0 Å². The number of nitrogens with zero attached hydrogens (tertiary/aromatic N) is 2. The Hall–Kier alpha value is -5.60. The molecule has 0 fully saturated rings. The number of hydrogen-bond acceptors (Lipinski definition) is 2. The topological polar surface area (TPSA) is 25.8 Å². The van der Waals surface area contributed by atoms with Gasteiger partial charge in [0.1, 0.15) is 0 Å². The van der Waals surface area contributed by atoms with Crippen molar-refractivity contribution in [2.75, 3.05) is 0 Å². The van der Waals surface area contributed by atoms with Crippen LogP contribution in [-0.4, -0.2) is 9.97 Å². The quantitative estimate of drug-likeness (QED) is 0.204. The SMILES string of the molecule is Cc1ccc(-c2ccc(-c3cccnc3)nc2)cc1-c1c2ccccc2c(-c2ccc3ccccc3c2)c2ccccc12. The molecule has 0 spiro atoms. The van der Waals surface area contributed by atoms with Crippen molar-refractivity contribution >= 4 is 32.3 Å². The molecule has 0 bridgehead atoms. The Kier molecular flexibility index (Phi) is 6.05. The van der Waals surface area contributed by atoms with Gasteiger partial charge in [0.2, 0.25) is 0 Å². The lowest BCUT2D eigenvalue weighted by Crippen LogP contribution is -1.93. The lowest BCUT2D eigenvalue weighted by molar-refractivity contribution is 1.28. The molecule has 2 heteroatoms. The van der Waals surface area contributed by atoms with Crippen LogP contribution in [0.4, 0.5) is 0 Å². The first kappa shape index (κ1) is 25.1. The molecule has 8 aromatic rings. The molecule has 0 aliphatic carbocycles. The van der Waals surface area contributed by atoms with Gasteiger partial charge in [0.25, 0.3) is 0 Å². The summed E-state index contributed by atoms with van der Waals surface area (Å²) in [4.78, 5) is 9.02. The highest BCUT2D eigenvalue weighted by atomic mass is 14.7. The zero-order valence-corrected chi connectivity index (χ0v) is 23.8. The molecule has 2 aromatic heterocycles. The number of pyridine rings is 2. The van der Waals surface area contributed by atoms with E-state index in [0.717, 1.165) is 22.4 Å². The van der Waals surface area contributed by atoms with Crippen LogP contribution in [0.25, 0.3) is 77.0 Å². The van der Waals surface area contributed by atoms with Gasteiger partial charge in [-0.05, 0) is 103 Å². The average molecular weight is 549 g/mol. The molecule has 8 rings (SSSR count). The van der Waals surface area contributed by atoms with E-state index in [1.807, 2.05) is 24.5 Å². The smallest absolute Gasteiger partial charge is 0.0717 e. The molecule has 6 aromatic carbocycles. The minimum atomic E-state index is 0.922. The highest BCUT2D eigenvalue weighted by Crippen LogP contribution is 2.45. The van der Waals surface area contributed by atoms with Crippen molar-refractivity contribution in [3.63, 3.8) is 0 Å². The predicted molar refractivity (Wildman–Crippen MR) is 181 cm³/mol. The maximum Gasteiger partial charge on any atom is 0.0717 e. The van der Waals surface area contributed by atoms with Crippen molar-refractivity contribution in [3.8, 4) is 44.6 Å². The summed E-state index contributed by atoms with van der Waals surface area (Å²) in [6, 6.07) is 48.1. The van der Waals surface area contributed by atoms with E-state index in [2.05, 4.69) is 133 Å². The standard InChI is InChI=1S/C41H28N2/c1-27-16-17-30(32-20-21-39(43-26-32)33-11-8-22-42-25-33)24-38(27)41-36-14-6-4-12-34(36)40(35-13-5-7-15-37(35)41)31-19-18-28-9-2-3-10-29(28)23-31/h2-26H,1H3. The van der Waals surface area contributed by atoms with Gasteiger partial charge in [-0.2, -0.15) is 0 Å². The molecule has 0 aliphatic heterocycles. The van der Waals surface area contributed by atoms with E-state index >= 15 is 0 Å². The van der Waals surface area contributed by atoms with Gasteiger partial charge in [0.05, 0.1) is 5.69 Å². The summed E-state index contributed by atoms with van der Waals surface area (Å²) in [7, 11) is 0. The lowest BCUT2D eigenvalue weighted by atomic mass is 9.84. The molecular formula is C41H28N2. The van der Waals surface area contributed by atoms with Crippen molar-refractivity contribution < 1.29 is 0 Å². The number of aromatic nitrogens is 2. The van der Waals surface area contributed by atoms with Crippen LogP contribution in [0.15, 0.2) is 152 Å². The first-order valence-corrected chi connectivity index (χ1v) is 14.6. The third-order valence-electron chi connectivity index (χ3n) is 8.53. The third kappa shape index (κ3) is 4.36. The van der Waals surface area contributed by atoms with Gasteiger partial charge in [0, 0.05) is 29.7 Å². The summed E-state index contributed by atoms with van der Waals surface area (Å²) in [6.45, 7) is 2.21. The molecule has 0 radical (unpaired) electrons. The molecule has 43 heavy (non-hydrogen) atoms. The number of hydrogen-bond donors (Lipinski definition) is 0.